The van der Waals surface area contributed by atoms with E-state index >= 15 is 0 Å². The van der Waals surface area contributed by atoms with Crippen LogP contribution in [0.1, 0.15) is 15.2 Å². The second-order valence-electron chi connectivity index (χ2n) is 3.58. The summed E-state index contributed by atoms with van der Waals surface area (Å²) in [5.41, 5.74) is 6.66. The summed E-state index contributed by atoms with van der Waals surface area (Å²) >= 11 is 13.1. The van der Waals surface area contributed by atoms with Crippen LogP contribution in [-0.4, -0.2) is 5.78 Å². The normalized spacial score (nSPS) is 10.5. The molecule has 0 saturated heterocycles. The third kappa shape index (κ3) is 3.22. The number of nitrogens with two attached hydrogens (primary N) is 1. The first-order chi connectivity index (χ1) is 8.04. The Balaban J connectivity index is 2.19. The summed E-state index contributed by atoms with van der Waals surface area (Å²) < 4.78 is 0.679. The molecule has 0 amide bonds. The predicted molar refractivity (Wildman–Crippen MR) is 73.2 cm³/mol. The molecule has 1 aromatic heterocycles. The van der Waals surface area contributed by atoms with Crippen LogP contribution in [0.2, 0.25) is 9.36 Å². The fraction of sp³-hybridized carbons (Fsp3) is 0.0833. The highest BCUT2D eigenvalue weighted by molar-refractivity contribution is 7.16. The molecule has 1 heterocycles. The van der Waals surface area contributed by atoms with E-state index in [1.165, 1.54) is 11.3 Å². The highest BCUT2D eigenvalue weighted by atomic mass is 35.5. The highest BCUT2D eigenvalue weighted by Gasteiger charge is 2.10. The van der Waals surface area contributed by atoms with Crippen LogP contribution in [0.4, 0.5) is 5.69 Å². The van der Waals surface area contributed by atoms with Crippen molar-refractivity contribution in [3.8, 4) is 0 Å². The molecule has 0 aliphatic rings. The van der Waals surface area contributed by atoms with E-state index in [0.717, 1.165) is 4.88 Å². The molecule has 0 unspecified atom stereocenters. The Hall–Kier alpha value is -1.03. The molecule has 2 rings (SSSR count). The van der Waals surface area contributed by atoms with E-state index < -0.39 is 0 Å². The van der Waals surface area contributed by atoms with Crippen LogP contribution < -0.4 is 5.73 Å². The van der Waals surface area contributed by atoms with E-state index in [-0.39, 0.29) is 5.78 Å². The topological polar surface area (TPSA) is 43.1 Å². The van der Waals surface area contributed by atoms with Gasteiger partial charge in [0.2, 0.25) is 0 Å². The number of ketones is 1. The number of Topliss-reactive ketones (excluding diaryl/α,β-unsaturated/α-hetero) is 1. The lowest BCUT2D eigenvalue weighted by Gasteiger charge is -2.02. The van der Waals surface area contributed by atoms with Crippen molar-refractivity contribution >= 4 is 46.0 Å². The first-order valence-corrected chi connectivity index (χ1v) is 6.45. The van der Waals surface area contributed by atoms with Crippen molar-refractivity contribution in [2.24, 2.45) is 0 Å². The molecule has 2 N–H and O–H groups in total. The smallest absolute Gasteiger partial charge is 0.168 e. The average molecular weight is 286 g/mol. The SMILES string of the molecule is Nc1cc(Cl)cc(C(=O)Cc2ccc(Cl)s2)c1. The summed E-state index contributed by atoms with van der Waals surface area (Å²) in [5.74, 6) is -0.0160. The molecule has 88 valence electrons. The number of hydrogen-bond acceptors (Lipinski definition) is 3. The minimum atomic E-state index is -0.0160. The Morgan fingerprint density at radius 2 is 2.00 bits per heavy atom. The molecule has 1 aromatic carbocycles. The number of carbonyl (C=O) groups is 1. The third-order valence-electron chi connectivity index (χ3n) is 2.21. The Bertz CT molecular complexity index is 545. The standard InChI is InChI=1S/C12H9Cl2NOS/c13-8-3-7(4-9(15)5-8)11(16)6-10-1-2-12(14)17-10/h1-5H,6,15H2. The largest absolute Gasteiger partial charge is 0.399 e. The van der Waals surface area contributed by atoms with Gasteiger partial charge in [-0.3, -0.25) is 4.79 Å². The monoisotopic (exact) mass is 285 g/mol. The molecule has 0 fully saturated rings. The van der Waals surface area contributed by atoms with Gasteiger partial charge in [-0.1, -0.05) is 23.2 Å². The van der Waals surface area contributed by atoms with Crippen LogP contribution in [0, 0.1) is 0 Å². The van der Waals surface area contributed by atoms with Crippen LogP contribution >= 0.6 is 34.5 Å². The van der Waals surface area contributed by atoms with Gasteiger partial charge >= 0.3 is 0 Å². The number of rotatable bonds is 3. The van der Waals surface area contributed by atoms with Crippen LogP contribution in [-0.2, 0) is 6.42 Å². The first-order valence-electron chi connectivity index (χ1n) is 4.88. The van der Waals surface area contributed by atoms with Crippen LogP contribution in [0.3, 0.4) is 0 Å². The van der Waals surface area contributed by atoms with Gasteiger partial charge < -0.3 is 5.73 Å². The van der Waals surface area contributed by atoms with Crippen molar-refractivity contribution in [2.75, 3.05) is 5.73 Å². The fourth-order valence-electron chi connectivity index (χ4n) is 1.48. The van der Waals surface area contributed by atoms with Crippen LogP contribution in [0.15, 0.2) is 30.3 Å². The maximum absolute atomic E-state index is 12.0. The molecule has 0 spiro atoms. The Kier molecular flexibility index (Phi) is 3.72. The van der Waals surface area contributed by atoms with Gasteiger partial charge in [-0.15, -0.1) is 11.3 Å². The third-order valence-corrected chi connectivity index (χ3v) is 3.66. The molecule has 0 aliphatic heterocycles. The second-order valence-corrected chi connectivity index (χ2v) is 5.82. The highest BCUT2D eigenvalue weighted by Crippen LogP contribution is 2.24. The van der Waals surface area contributed by atoms with Crippen LogP contribution in [0.5, 0.6) is 0 Å². The number of anilines is 1. The quantitative estimate of drug-likeness (QED) is 0.683. The molecule has 0 saturated carbocycles. The summed E-state index contributed by atoms with van der Waals surface area (Å²) in [6.07, 6.45) is 0.317. The van der Waals surface area contributed by atoms with Gasteiger partial charge in [0, 0.05) is 27.6 Å². The number of halogens is 2. The van der Waals surface area contributed by atoms with Gasteiger partial charge in [0.05, 0.1) is 4.34 Å². The van der Waals surface area contributed by atoms with Crippen molar-refractivity contribution in [3.05, 3.63) is 50.1 Å². The maximum Gasteiger partial charge on any atom is 0.168 e. The number of hydrogen-bond donors (Lipinski definition) is 1. The van der Waals surface area contributed by atoms with E-state index in [9.17, 15) is 4.79 Å². The first kappa shape index (κ1) is 12.4. The van der Waals surface area contributed by atoms with E-state index in [0.29, 0.717) is 27.0 Å². The van der Waals surface area contributed by atoms with Gasteiger partial charge in [-0.05, 0) is 30.3 Å². The Morgan fingerprint density at radius 1 is 1.24 bits per heavy atom. The maximum atomic E-state index is 12.0. The van der Waals surface area contributed by atoms with Crippen molar-refractivity contribution < 1.29 is 4.79 Å². The van der Waals surface area contributed by atoms with Crippen molar-refractivity contribution in [2.45, 2.75) is 6.42 Å². The fourth-order valence-corrected chi connectivity index (χ4v) is 2.81. The predicted octanol–water partition coefficient (Wildman–Crippen LogP) is 4.06. The van der Waals surface area contributed by atoms with Crippen molar-refractivity contribution in [3.63, 3.8) is 0 Å². The summed E-state index contributed by atoms with van der Waals surface area (Å²) in [4.78, 5) is 12.9. The summed E-state index contributed by atoms with van der Waals surface area (Å²) in [6.45, 7) is 0. The summed E-state index contributed by atoms with van der Waals surface area (Å²) in [6, 6.07) is 8.49. The minimum absolute atomic E-state index is 0.0160. The summed E-state index contributed by atoms with van der Waals surface area (Å²) in [7, 11) is 0. The molecule has 5 heteroatoms. The van der Waals surface area contributed by atoms with Gasteiger partial charge in [0.1, 0.15) is 0 Å². The van der Waals surface area contributed by atoms with E-state index in [1.54, 1.807) is 24.3 Å². The second kappa shape index (κ2) is 5.08. The molecular formula is C12H9Cl2NOS. The molecular weight excluding hydrogens is 277 g/mol. The molecule has 0 radical (unpaired) electrons. The lowest BCUT2D eigenvalue weighted by molar-refractivity contribution is 0.0994. The minimum Gasteiger partial charge on any atom is -0.399 e. The van der Waals surface area contributed by atoms with Gasteiger partial charge in [0.15, 0.2) is 5.78 Å². The lowest BCUT2D eigenvalue weighted by atomic mass is 10.1. The van der Waals surface area contributed by atoms with E-state index in [4.69, 9.17) is 28.9 Å². The number of thiophene rings is 1. The average Bonchev–Trinajstić information content (AvgIpc) is 2.62. The molecule has 0 aliphatic carbocycles. The molecule has 0 atom stereocenters. The molecule has 17 heavy (non-hydrogen) atoms. The lowest BCUT2D eigenvalue weighted by Crippen LogP contribution is -2.03. The Morgan fingerprint density at radius 3 is 2.59 bits per heavy atom. The number of benzene rings is 1. The Labute approximate surface area is 113 Å². The molecule has 2 aromatic rings. The number of carbonyl (C=O) groups excluding carboxylic acids is 1. The zero-order valence-corrected chi connectivity index (χ0v) is 11.1. The van der Waals surface area contributed by atoms with E-state index in [2.05, 4.69) is 0 Å². The van der Waals surface area contributed by atoms with Gasteiger partial charge in [-0.2, -0.15) is 0 Å². The van der Waals surface area contributed by atoms with Gasteiger partial charge in [-0.25, -0.2) is 0 Å². The summed E-state index contributed by atoms with van der Waals surface area (Å²) in [5, 5.41) is 0.470. The van der Waals surface area contributed by atoms with Gasteiger partial charge in [0.25, 0.3) is 0 Å². The zero-order chi connectivity index (χ0) is 12.4. The molecule has 0 bridgehead atoms. The molecule has 2 nitrogen and oxygen atoms in total. The number of nitrogen functional groups attached to an aromatic ring is 1. The van der Waals surface area contributed by atoms with E-state index in [1.807, 2.05) is 6.07 Å². The van der Waals surface area contributed by atoms with Crippen molar-refractivity contribution in [1.82, 2.24) is 0 Å². The van der Waals surface area contributed by atoms with Crippen LogP contribution in [0.25, 0.3) is 0 Å². The zero-order valence-electron chi connectivity index (χ0n) is 8.74. The van der Waals surface area contributed by atoms with Crippen molar-refractivity contribution in [1.29, 1.82) is 0 Å².